The summed E-state index contributed by atoms with van der Waals surface area (Å²) in [5.41, 5.74) is 0.217. The Kier molecular flexibility index (Phi) is 6.58. The molecule has 1 N–H and O–H groups in total. The van der Waals surface area contributed by atoms with Crippen LogP contribution in [0.15, 0.2) is 24.3 Å². The molecule has 192 valence electrons. The van der Waals surface area contributed by atoms with Gasteiger partial charge in [0.1, 0.15) is 18.1 Å². The first-order chi connectivity index (χ1) is 16.9. The van der Waals surface area contributed by atoms with Crippen LogP contribution in [-0.2, 0) is 24.6 Å². The van der Waals surface area contributed by atoms with E-state index in [-0.39, 0.29) is 42.0 Å². The maximum Gasteiger partial charge on any atom is 0.246 e. The van der Waals surface area contributed by atoms with Crippen LogP contribution in [0.3, 0.4) is 0 Å². The molecule has 1 aromatic rings. The van der Waals surface area contributed by atoms with E-state index in [0.29, 0.717) is 31.5 Å². The maximum atomic E-state index is 14.1. The first-order valence-corrected chi connectivity index (χ1v) is 12.6. The van der Waals surface area contributed by atoms with Gasteiger partial charge in [0.15, 0.2) is 0 Å². The van der Waals surface area contributed by atoms with Gasteiger partial charge in [-0.15, -0.1) is 0 Å². The number of para-hydroxylation sites is 1. The summed E-state index contributed by atoms with van der Waals surface area (Å²) in [6, 6.07) is 7.30. The number of hydrogen-bond donors (Lipinski definition) is 1. The zero-order valence-corrected chi connectivity index (χ0v) is 21.7. The number of likely N-dealkylation sites (N-methyl/N-ethyl adjacent to an activating group) is 1. The second kappa shape index (κ2) is 9.23. The average Bonchev–Trinajstić information content (AvgIpc) is 3.51. The highest BCUT2D eigenvalue weighted by molar-refractivity contribution is 6.07. The quantitative estimate of drug-likeness (QED) is 0.676. The molecule has 9 heteroatoms. The predicted molar refractivity (Wildman–Crippen MR) is 134 cm³/mol. The fraction of sp³-hybridized carbons (Fsp3) is 0.593. The molecule has 3 aliphatic rings. The minimum atomic E-state index is -0.989. The van der Waals surface area contributed by atoms with E-state index in [1.165, 1.54) is 9.80 Å². The molecule has 4 atom stereocenters. The SMILES string of the molecule is C[C@@H](C(=O)N(C)[C@@H](CC(C)(C)C)C(=O)N1C[C@]2(C[C@H]1C#N)C(=O)Nc1ccccc12)N1CCCC1=O. The minimum absolute atomic E-state index is 0.0557. The van der Waals surface area contributed by atoms with E-state index < -0.39 is 23.5 Å². The lowest BCUT2D eigenvalue weighted by Gasteiger charge is -2.38. The largest absolute Gasteiger partial charge is 0.332 e. The Balaban J connectivity index is 1.64. The van der Waals surface area contributed by atoms with Crippen LogP contribution in [0.1, 0.15) is 58.9 Å². The van der Waals surface area contributed by atoms with Gasteiger partial charge in [0.2, 0.25) is 23.6 Å². The van der Waals surface area contributed by atoms with E-state index >= 15 is 0 Å². The van der Waals surface area contributed by atoms with Crippen LogP contribution in [0.5, 0.6) is 0 Å². The number of nitrogens with one attached hydrogen (secondary N) is 1. The van der Waals surface area contributed by atoms with Gasteiger partial charge in [-0.1, -0.05) is 39.0 Å². The van der Waals surface area contributed by atoms with Crippen LogP contribution in [-0.4, -0.2) is 76.6 Å². The highest BCUT2D eigenvalue weighted by Crippen LogP contribution is 2.46. The van der Waals surface area contributed by atoms with Crippen molar-refractivity contribution in [3.8, 4) is 6.07 Å². The Labute approximate surface area is 212 Å². The van der Waals surface area contributed by atoms with Crippen molar-refractivity contribution < 1.29 is 19.2 Å². The predicted octanol–water partition coefficient (Wildman–Crippen LogP) is 2.28. The molecule has 2 fully saturated rings. The smallest absolute Gasteiger partial charge is 0.246 e. The monoisotopic (exact) mass is 493 g/mol. The van der Waals surface area contributed by atoms with E-state index in [4.69, 9.17) is 0 Å². The van der Waals surface area contributed by atoms with E-state index in [9.17, 15) is 24.4 Å². The van der Waals surface area contributed by atoms with Gasteiger partial charge < -0.3 is 20.0 Å². The van der Waals surface area contributed by atoms with Crippen LogP contribution >= 0.6 is 0 Å². The summed E-state index contributed by atoms with van der Waals surface area (Å²) in [5, 5.41) is 12.9. The third-order valence-corrected chi connectivity index (χ3v) is 7.76. The van der Waals surface area contributed by atoms with E-state index in [1.807, 2.05) is 45.0 Å². The van der Waals surface area contributed by atoms with Crippen LogP contribution in [0.2, 0.25) is 0 Å². The molecule has 0 unspecified atom stereocenters. The summed E-state index contributed by atoms with van der Waals surface area (Å²) in [6.45, 7) is 8.28. The van der Waals surface area contributed by atoms with Crippen molar-refractivity contribution in [3.05, 3.63) is 29.8 Å². The fourth-order valence-corrected chi connectivity index (χ4v) is 5.81. The second-order valence-electron chi connectivity index (χ2n) is 11.5. The van der Waals surface area contributed by atoms with Gasteiger partial charge in [0.25, 0.3) is 0 Å². The molecule has 0 saturated carbocycles. The Morgan fingerprint density at radius 3 is 2.58 bits per heavy atom. The molecule has 1 aromatic carbocycles. The maximum absolute atomic E-state index is 14.1. The molecule has 0 bridgehead atoms. The molecule has 1 spiro atoms. The Morgan fingerprint density at radius 2 is 1.97 bits per heavy atom. The molecule has 0 aliphatic carbocycles. The van der Waals surface area contributed by atoms with Gasteiger partial charge >= 0.3 is 0 Å². The summed E-state index contributed by atoms with van der Waals surface area (Å²) in [4.78, 5) is 57.4. The third kappa shape index (κ3) is 4.34. The van der Waals surface area contributed by atoms with Gasteiger partial charge in [0, 0.05) is 38.7 Å². The molecule has 0 aromatic heterocycles. The zero-order valence-electron chi connectivity index (χ0n) is 21.7. The van der Waals surface area contributed by atoms with Gasteiger partial charge in [-0.05, 0) is 36.8 Å². The summed E-state index contributed by atoms with van der Waals surface area (Å²) in [5.74, 6) is -0.919. The number of likely N-dealkylation sites (tertiary alicyclic amines) is 2. The number of anilines is 1. The Morgan fingerprint density at radius 1 is 1.28 bits per heavy atom. The number of carbonyl (C=O) groups is 4. The van der Waals surface area contributed by atoms with E-state index in [2.05, 4.69) is 11.4 Å². The molecule has 4 amide bonds. The van der Waals surface area contributed by atoms with E-state index in [1.54, 1.807) is 18.9 Å². The molecule has 3 heterocycles. The van der Waals surface area contributed by atoms with Crippen LogP contribution in [0, 0.1) is 16.7 Å². The van der Waals surface area contributed by atoms with Gasteiger partial charge in [-0.3, -0.25) is 19.2 Å². The van der Waals surface area contributed by atoms with E-state index in [0.717, 1.165) is 5.56 Å². The molecular formula is C27H35N5O4. The minimum Gasteiger partial charge on any atom is -0.332 e. The molecule has 4 rings (SSSR count). The lowest BCUT2D eigenvalue weighted by molar-refractivity contribution is -0.150. The van der Waals surface area contributed by atoms with Gasteiger partial charge in [-0.2, -0.15) is 5.26 Å². The van der Waals surface area contributed by atoms with Crippen LogP contribution < -0.4 is 5.32 Å². The highest BCUT2D eigenvalue weighted by Gasteiger charge is 2.57. The van der Waals surface area contributed by atoms with Crippen molar-refractivity contribution in [1.82, 2.24) is 14.7 Å². The number of rotatable bonds is 5. The number of benzene rings is 1. The van der Waals surface area contributed by atoms with Crippen molar-refractivity contribution in [1.29, 1.82) is 5.26 Å². The van der Waals surface area contributed by atoms with Crippen molar-refractivity contribution >= 4 is 29.3 Å². The number of carbonyl (C=O) groups excluding carboxylic acids is 4. The summed E-state index contributed by atoms with van der Waals surface area (Å²) >= 11 is 0. The Hall–Kier alpha value is -3.41. The highest BCUT2D eigenvalue weighted by atomic mass is 16.2. The van der Waals surface area contributed by atoms with Crippen LogP contribution in [0.25, 0.3) is 0 Å². The Bertz CT molecular complexity index is 1140. The summed E-state index contributed by atoms with van der Waals surface area (Å²) in [6.07, 6.45) is 1.72. The standard InChI is InChI=1S/C27H35N5O4/c1-17(31-12-8-11-22(31)33)23(34)30(5)21(14-26(2,3)4)24(35)32-16-27(13-18(32)15-28)19-9-6-7-10-20(19)29-25(27)36/h6-7,9-10,17-18,21H,8,11-14,16H2,1-5H3,(H,29,36)/t17-,18-,21-,27-/m0/s1. The molecule has 0 radical (unpaired) electrons. The van der Waals surface area contributed by atoms with Gasteiger partial charge in [-0.25, -0.2) is 0 Å². The number of nitriles is 1. The van der Waals surface area contributed by atoms with Crippen molar-refractivity contribution in [2.24, 2.45) is 5.41 Å². The molecule has 3 aliphatic heterocycles. The van der Waals surface area contributed by atoms with Crippen molar-refractivity contribution in [2.45, 2.75) is 76.9 Å². The third-order valence-electron chi connectivity index (χ3n) is 7.76. The van der Waals surface area contributed by atoms with Crippen LogP contribution in [0.4, 0.5) is 5.69 Å². The van der Waals surface area contributed by atoms with Gasteiger partial charge in [0.05, 0.1) is 11.5 Å². The normalized spacial score (nSPS) is 24.9. The number of amides is 4. The fourth-order valence-electron chi connectivity index (χ4n) is 5.81. The summed E-state index contributed by atoms with van der Waals surface area (Å²) in [7, 11) is 1.60. The number of fused-ring (bicyclic) bond motifs is 2. The zero-order chi connectivity index (χ0) is 26.4. The number of hydrogen-bond acceptors (Lipinski definition) is 5. The molecule has 2 saturated heterocycles. The second-order valence-corrected chi connectivity index (χ2v) is 11.5. The molecule has 36 heavy (non-hydrogen) atoms. The lowest BCUT2D eigenvalue weighted by atomic mass is 9.80. The molecular weight excluding hydrogens is 458 g/mol. The number of nitrogens with zero attached hydrogens (tertiary/aromatic N) is 4. The molecule has 9 nitrogen and oxygen atoms in total. The first-order valence-electron chi connectivity index (χ1n) is 12.6. The summed E-state index contributed by atoms with van der Waals surface area (Å²) < 4.78 is 0. The lowest BCUT2D eigenvalue weighted by Crippen LogP contribution is -2.56. The topological polar surface area (TPSA) is 114 Å². The van der Waals surface area contributed by atoms with Crippen molar-refractivity contribution in [3.63, 3.8) is 0 Å². The van der Waals surface area contributed by atoms with Crippen molar-refractivity contribution in [2.75, 3.05) is 25.5 Å². The average molecular weight is 494 g/mol. The first kappa shape index (κ1) is 25.7.